The van der Waals surface area contributed by atoms with Crippen LogP contribution in [0.5, 0.6) is 0 Å². The molecule has 1 saturated heterocycles. The van der Waals surface area contributed by atoms with E-state index in [0.717, 1.165) is 0 Å². The highest BCUT2D eigenvalue weighted by Crippen LogP contribution is 2.27. The third-order valence-electron chi connectivity index (χ3n) is 5.11. The van der Waals surface area contributed by atoms with E-state index >= 15 is 0 Å². The van der Waals surface area contributed by atoms with Crippen molar-refractivity contribution in [2.24, 2.45) is 5.92 Å². The Bertz CT molecular complexity index is 1180. The summed E-state index contributed by atoms with van der Waals surface area (Å²) < 4.78 is 32.5. The second-order valence-corrected chi connectivity index (χ2v) is 8.80. The van der Waals surface area contributed by atoms with Crippen LogP contribution in [0.1, 0.15) is 23.2 Å². The Balaban J connectivity index is 1.51. The fourth-order valence-corrected chi connectivity index (χ4v) is 5.06. The van der Waals surface area contributed by atoms with E-state index < -0.39 is 15.6 Å². The topological polar surface area (TPSA) is 84.7 Å². The van der Waals surface area contributed by atoms with Crippen LogP contribution in [0.25, 0.3) is 11.0 Å². The van der Waals surface area contributed by atoms with Gasteiger partial charge in [-0.1, -0.05) is 30.3 Å². The molecule has 1 aliphatic rings. The summed E-state index contributed by atoms with van der Waals surface area (Å²) in [4.78, 5) is 24.0. The van der Waals surface area contributed by atoms with Gasteiger partial charge in [0.05, 0.1) is 4.90 Å². The highest BCUT2D eigenvalue weighted by Gasteiger charge is 2.32. The second kappa shape index (κ2) is 7.33. The zero-order chi connectivity index (χ0) is 19.7. The van der Waals surface area contributed by atoms with Crippen molar-refractivity contribution in [1.29, 1.82) is 0 Å². The van der Waals surface area contributed by atoms with Gasteiger partial charge < -0.3 is 4.42 Å². The highest BCUT2D eigenvalue weighted by molar-refractivity contribution is 7.89. The first-order valence-corrected chi connectivity index (χ1v) is 10.5. The van der Waals surface area contributed by atoms with Crippen LogP contribution in [0.2, 0.25) is 0 Å². The van der Waals surface area contributed by atoms with Gasteiger partial charge in [-0.2, -0.15) is 4.31 Å². The summed E-state index contributed by atoms with van der Waals surface area (Å²) in [6.45, 7) is 0.598. The molecule has 0 N–H and O–H groups in total. The molecule has 1 fully saturated rings. The molecule has 0 bridgehead atoms. The number of hydrogen-bond acceptors (Lipinski definition) is 5. The Morgan fingerprint density at radius 3 is 2.39 bits per heavy atom. The van der Waals surface area contributed by atoms with E-state index in [2.05, 4.69) is 0 Å². The Hall–Kier alpha value is -2.77. The number of Topliss-reactive ketones (excluding diaryl/α,β-unsaturated/α-hetero) is 1. The number of benzene rings is 2. The Labute approximate surface area is 162 Å². The number of carbonyl (C=O) groups is 1. The van der Waals surface area contributed by atoms with Crippen LogP contribution >= 0.6 is 0 Å². The molecule has 1 aliphatic heterocycles. The lowest BCUT2D eigenvalue weighted by atomic mass is 9.90. The van der Waals surface area contributed by atoms with Crippen molar-refractivity contribution in [3.05, 3.63) is 76.6 Å². The quantitative estimate of drug-likeness (QED) is 0.499. The Morgan fingerprint density at radius 1 is 0.964 bits per heavy atom. The fourth-order valence-electron chi connectivity index (χ4n) is 3.56. The minimum atomic E-state index is -3.68. The molecule has 0 atom stereocenters. The van der Waals surface area contributed by atoms with Gasteiger partial charge in [-0.3, -0.25) is 4.79 Å². The van der Waals surface area contributed by atoms with E-state index in [4.69, 9.17) is 4.42 Å². The number of fused-ring (bicyclic) bond motifs is 1. The van der Waals surface area contributed by atoms with Gasteiger partial charge in [-0.15, -0.1) is 0 Å². The largest absolute Gasteiger partial charge is 0.423 e. The van der Waals surface area contributed by atoms with Gasteiger partial charge in [-0.25, -0.2) is 13.2 Å². The SMILES string of the molecule is O=C(c1ccccc1)C1CCN(S(=O)(=O)c2ccc3oc(=O)ccc3c2)CC1. The van der Waals surface area contributed by atoms with Crippen molar-refractivity contribution >= 4 is 26.8 Å². The molecular weight excluding hydrogens is 378 g/mol. The second-order valence-electron chi connectivity index (χ2n) is 6.86. The molecular formula is C21H19NO5S. The third-order valence-corrected chi connectivity index (χ3v) is 7.01. The average Bonchev–Trinajstić information content (AvgIpc) is 2.73. The van der Waals surface area contributed by atoms with Gasteiger partial charge in [0.1, 0.15) is 5.58 Å². The van der Waals surface area contributed by atoms with Crippen LogP contribution in [0, 0.1) is 5.92 Å². The zero-order valence-electron chi connectivity index (χ0n) is 15.1. The van der Waals surface area contributed by atoms with E-state index in [-0.39, 0.29) is 16.6 Å². The maximum absolute atomic E-state index is 13.0. The molecule has 0 amide bonds. The summed E-state index contributed by atoms with van der Waals surface area (Å²) in [5, 5.41) is 0.551. The number of sulfonamides is 1. The van der Waals surface area contributed by atoms with Crippen molar-refractivity contribution in [3.63, 3.8) is 0 Å². The average molecular weight is 397 g/mol. The van der Waals surface area contributed by atoms with Crippen LogP contribution in [0.15, 0.2) is 74.8 Å². The van der Waals surface area contributed by atoms with Gasteiger partial charge in [0.2, 0.25) is 10.0 Å². The maximum atomic E-state index is 13.0. The van der Waals surface area contributed by atoms with Crippen LogP contribution < -0.4 is 5.63 Å². The van der Waals surface area contributed by atoms with E-state index in [1.54, 1.807) is 18.2 Å². The summed E-state index contributed by atoms with van der Waals surface area (Å²) in [6, 6.07) is 16.4. The molecule has 0 unspecified atom stereocenters. The fraction of sp³-hybridized carbons (Fsp3) is 0.238. The summed E-state index contributed by atoms with van der Waals surface area (Å²) in [7, 11) is -3.68. The van der Waals surface area contributed by atoms with E-state index in [1.807, 2.05) is 18.2 Å². The monoisotopic (exact) mass is 397 g/mol. The van der Waals surface area contributed by atoms with Gasteiger partial charge in [0, 0.05) is 36.0 Å². The minimum Gasteiger partial charge on any atom is -0.423 e. The van der Waals surface area contributed by atoms with Gasteiger partial charge in [0.15, 0.2) is 5.78 Å². The lowest BCUT2D eigenvalue weighted by molar-refractivity contribution is 0.0875. The van der Waals surface area contributed by atoms with Crippen molar-refractivity contribution in [2.45, 2.75) is 17.7 Å². The van der Waals surface area contributed by atoms with E-state index in [0.29, 0.717) is 42.5 Å². The van der Waals surface area contributed by atoms with Crippen LogP contribution in [0.4, 0.5) is 0 Å². The lowest BCUT2D eigenvalue weighted by Crippen LogP contribution is -2.40. The van der Waals surface area contributed by atoms with Crippen molar-refractivity contribution < 1.29 is 17.6 Å². The number of rotatable bonds is 4. The molecule has 144 valence electrons. The maximum Gasteiger partial charge on any atom is 0.336 e. The first kappa shape index (κ1) is 18.6. The number of ketones is 1. The third kappa shape index (κ3) is 3.50. The molecule has 2 aromatic carbocycles. The molecule has 0 aliphatic carbocycles. The van der Waals surface area contributed by atoms with Crippen molar-refractivity contribution in [1.82, 2.24) is 4.31 Å². The molecule has 3 aromatic rings. The van der Waals surface area contributed by atoms with Crippen LogP contribution in [-0.2, 0) is 10.0 Å². The smallest absolute Gasteiger partial charge is 0.336 e. The zero-order valence-corrected chi connectivity index (χ0v) is 15.9. The molecule has 4 rings (SSSR count). The number of hydrogen-bond donors (Lipinski definition) is 0. The molecule has 2 heterocycles. The highest BCUT2D eigenvalue weighted by atomic mass is 32.2. The first-order chi connectivity index (χ1) is 13.4. The van der Waals surface area contributed by atoms with E-state index in [9.17, 15) is 18.0 Å². The molecule has 6 nitrogen and oxygen atoms in total. The van der Waals surface area contributed by atoms with Gasteiger partial charge in [0.25, 0.3) is 0 Å². The van der Waals surface area contributed by atoms with E-state index in [1.165, 1.54) is 28.6 Å². The molecule has 7 heteroatoms. The van der Waals surface area contributed by atoms with Crippen LogP contribution in [-0.4, -0.2) is 31.6 Å². The standard InChI is InChI=1S/C21H19NO5S/c23-20-9-6-17-14-18(7-8-19(17)27-20)28(25,26)22-12-10-16(11-13-22)21(24)15-4-2-1-3-5-15/h1-9,14,16H,10-13H2. The Morgan fingerprint density at radius 2 is 1.68 bits per heavy atom. The van der Waals surface area contributed by atoms with Crippen molar-refractivity contribution in [2.75, 3.05) is 13.1 Å². The lowest BCUT2D eigenvalue weighted by Gasteiger charge is -2.30. The molecule has 0 saturated carbocycles. The normalized spacial score (nSPS) is 16.3. The minimum absolute atomic E-state index is 0.0679. The molecule has 28 heavy (non-hydrogen) atoms. The Kier molecular flexibility index (Phi) is 4.87. The van der Waals surface area contributed by atoms with Crippen molar-refractivity contribution in [3.8, 4) is 0 Å². The van der Waals surface area contributed by atoms with Crippen LogP contribution in [0.3, 0.4) is 0 Å². The predicted molar refractivity (Wildman–Crippen MR) is 105 cm³/mol. The van der Waals surface area contributed by atoms with Gasteiger partial charge >= 0.3 is 5.63 Å². The summed E-state index contributed by atoms with van der Waals surface area (Å²) in [5.41, 5.74) is 0.534. The first-order valence-electron chi connectivity index (χ1n) is 9.08. The predicted octanol–water partition coefficient (Wildman–Crippen LogP) is 3.08. The summed E-state index contributed by atoms with van der Waals surface area (Å²) >= 11 is 0. The molecule has 0 radical (unpaired) electrons. The number of piperidine rings is 1. The number of carbonyl (C=O) groups excluding carboxylic acids is 1. The number of nitrogens with zero attached hydrogens (tertiary/aromatic N) is 1. The summed E-state index contributed by atoms with van der Waals surface area (Å²) in [5.74, 6) is -0.0990. The molecule has 0 spiro atoms. The van der Waals surface area contributed by atoms with Gasteiger partial charge in [-0.05, 0) is 37.1 Å². The summed E-state index contributed by atoms with van der Waals surface area (Å²) in [6.07, 6.45) is 0.991. The molecule has 1 aromatic heterocycles.